The van der Waals surface area contributed by atoms with Crippen molar-refractivity contribution in [1.82, 2.24) is 14.8 Å². The van der Waals surface area contributed by atoms with E-state index in [1.54, 1.807) is 0 Å². The molecule has 0 fully saturated rings. The zero-order chi connectivity index (χ0) is 18.7. The highest BCUT2D eigenvalue weighted by atomic mass is 32.1. The molecule has 0 aliphatic heterocycles. The highest BCUT2D eigenvalue weighted by molar-refractivity contribution is 7.13. The van der Waals surface area contributed by atoms with Crippen molar-refractivity contribution in [2.45, 2.75) is 39.5 Å². The third-order valence-electron chi connectivity index (χ3n) is 3.95. The number of nitrogens with zero attached hydrogens (tertiary/aromatic N) is 3. The number of ether oxygens (including phenoxy) is 1. The predicted octanol–water partition coefficient (Wildman–Crippen LogP) is 4.78. The quantitative estimate of drug-likeness (QED) is 0.649. The largest absolute Gasteiger partial charge is 0.462 e. The lowest BCUT2D eigenvalue weighted by Crippen LogP contribution is -2.16. The fraction of sp³-hybridized carbons (Fsp3) is 0.350. The van der Waals surface area contributed by atoms with Crippen LogP contribution >= 0.6 is 11.3 Å². The highest BCUT2D eigenvalue weighted by Gasteiger charge is 2.21. The number of rotatable bonds is 5. The molecular weight excluding hydrogens is 346 g/mol. The van der Waals surface area contributed by atoms with Crippen molar-refractivity contribution < 1.29 is 9.53 Å². The molecule has 5 nitrogen and oxygen atoms in total. The summed E-state index contributed by atoms with van der Waals surface area (Å²) in [6.07, 6.45) is 0.852. The second-order valence-electron chi connectivity index (χ2n) is 7.09. The Labute approximate surface area is 157 Å². The number of hydrogen-bond acceptors (Lipinski definition) is 5. The van der Waals surface area contributed by atoms with Crippen molar-refractivity contribution in [1.29, 1.82) is 0 Å². The summed E-state index contributed by atoms with van der Waals surface area (Å²) >= 11 is 1.51. The Morgan fingerprint density at radius 1 is 1.19 bits per heavy atom. The van der Waals surface area contributed by atoms with Gasteiger partial charge >= 0.3 is 6.01 Å². The smallest absolute Gasteiger partial charge is 0.336 e. The average molecular weight is 369 g/mol. The molecule has 0 saturated heterocycles. The van der Waals surface area contributed by atoms with Gasteiger partial charge < -0.3 is 4.74 Å². The van der Waals surface area contributed by atoms with Gasteiger partial charge in [-0.2, -0.15) is 9.67 Å². The lowest BCUT2D eigenvalue weighted by atomic mass is 9.87. The highest BCUT2D eigenvalue weighted by Crippen LogP contribution is 2.26. The van der Waals surface area contributed by atoms with Crippen molar-refractivity contribution in [3.63, 3.8) is 0 Å². The van der Waals surface area contributed by atoms with Crippen LogP contribution in [0.3, 0.4) is 0 Å². The van der Waals surface area contributed by atoms with Crippen molar-refractivity contribution in [2.24, 2.45) is 0 Å². The van der Waals surface area contributed by atoms with Crippen molar-refractivity contribution >= 4 is 17.2 Å². The standard InChI is InChI=1S/C20H23N3O2S/c1-5-12-25-19-21-17(16-7-6-13-26-16)23(22-19)18(24)14-8-10-15(11-9-14)20(2,3)4/h6-11,13H,5,12H2,1-4H3. The summed E-state index contributed by atoms with van der Waals surface area (Å²) < 4.78 is 6.87. The molecule has 6 heteroatoms. The molecule has 3 aromatic rings. The molecule has 0 N–H and O–H groups in total. The van der Waals surface area contributed by atoms with Crippen LogP contribution in [0.1, 0.15) is 50.0 Å². The molecule has 0 bridgehead atoms. The summed E-state index contributed by atoms with van der Waals surface area (Å²) in [4.78, 5) is 18.3. The first kappa shape index (κ1) is 18.3. The normalized spacial score (nSPS) is 11.5. The van der Waals surface area contributed by atoms with E-state index in [9.17, 15) is 4.79 Å². The Hall–Kier alpha value is -2.47. The van der Waals surface area contributed by atoms with Crippen molar-refractivity contribution in [2.75, 3.05) is 6.61 Å². The number of carbonyl (C=O) groups excluding carboxylic acids is 1. The lowest BCUT2D eigenvalue weighted by molar-refractivity contribution is 0.0944. The second-order valence-corrected chi connectivity index (χ2v) is 8.04. The summed E-state index contributed by atoms with van der Waals surface area (Å²) in [6, 6.07) is 11.7. The molecule has 0 atom stereocenters. The molecule has 136 valence electrons. The third-order valence-corrected chi connectivity index (χ3v) is 4.82. The van der Waals surface area contributed by atoms with Gasteiger partial charge in [0.2, 0.25) is 0 Å². The van der Waals surface area contributed by atoms with Crippen LogP contribution in [-0.2, 0) is 5.41 Å². The minimum Gasteiger partial charge on any atom is -0.462 e. The van der Waals surface area contributed by atoms with E-state index in [4.69, 9.17) is 4.74 Å². The summed E-state index contributed by atoms with van der Waals surface area (Å²) in [5.41, 5.74) is 1.79. The van der Waals surface area contributed by atoms with Crippen LogP contribution in [0.4, 0.5) is 0 Å². The molecule has 0 unspecified atom stereocenters. The monoisotopic (exact) mass is 369 g/mol. The average Bonchev–Trinajstić information content (AvgIpc) is 3.28. The van der Waals surface area contributed by atoms with E-state index in [1.165, 1.54) is 21.6 Å². The Kier molecular flexibility index (Phi) is 5.23. The molecule has 0 radical (unpaired) electrons. The topological polar surface area (TPSA) is 57.0 Å². The third kappa shape index (κ3) is 3.85. The van der Waals surface area contributed by atoms with Gasteiger partial charge in [-0.3, -0.25) is 4.79 Å². The minimum atomic E-state index is -0.215. The van der Waals surface area contributed by atoms with E-state index in [2.05, 4.69) is 30.9 Å². The van der Waals surface area contributed by atoms with Gasteiger partial charge in [-0.25, -0.2) is 0 Å². The number of aromatic nitrogens is 3. The van der Waals surface area contributed by atoms with Crippen LogP contribution in [0.2, 0.25) is 0 Å². The van der Waals surface area contributed by atoms with E-state index >= 15 is 0 Å². The zero-order valence-electron chi connectivity index (χ0n) is 15.5. The Balaban J connectivity index is 1.96. The molecule has 26 heavy (non-hydrogen) atoms. The number of carbonyl (C=O) groups is 1. The first-order valence-corrected chi connectivity index (χ1v) is 9.57. The number of hydrogen-bond donors (Lipinski definition) is 0. The SMILES string of the molecule is CCCOc1nc(-c2cccs2)n(C(=O)c2ccc(C(C)(C)C)cc2)n1. The van der Waals surface area contributed by atoms with Gasteiger partial charge in [-0.1, -0.05) is 45.9 Å². The van der Waals surface area contributed by atoms with E-state index < -0.39 is 0 Å². The van der Waals surface area contributed by atoms with E-state index in [-0.39, 0.29) is 17.3 Å². The number of benzene rings is 1. The van der Waals surface area contributed by atoms with E-state index in [1.807, 2.05) is 48.7 Å². The minimum absolute atomic E-state index is 0.0398. The maximum absolute atomic E-state index is 13.0. The van der Waals surface area contributed by atoms with E-state index in [0.29, 0.717) is 18.0 Å². The Bertz CT molecular complexity index is 875. The lowest BCUT2D eigenvalue weighted by Gasteiger charge is -2.18. The summed E-state index contributed by atoms with van der Waals surface area (Å²) in [5, 5.41) is 6.24. The molecule has 0 spiro atoms. The maximum atomic E-state index is 13.0. The molecule has 0 saturated carbocycles. The summed E-state index contributed by atoms with van der Waals surface area (Å²) in [5.74, 6) is 0.295. The molecular formula is C20H23N3O2S. The Morgan fingerprint density at radius 2 is 1.92 bits per heavy atom. The first-order chi connectivity index (χ1) is 12.4. The molecule has 1 aromatic carbocycles. The van der Waals surface area contributed by atoms with Gasteiger partial charge in [-0.05, 0) is 41.0 Å². The van der Waals surface area contributed by atoms with Crippen molar-refractivity contribution in [3.8, 4) is 16.7 Å². The van der Waals surface area contributed by atoms with Gasteiger partial charge in [0.25, 0.3) is 5.91 Å². The molecule has 2 aromatic heterocycles. The number of thiophene rings is 1. The van der Waals surface area contributed by atoms with Gasteiger partial charge in [0.1, 0.15) is 0 Å². The predicted molar refractivity (Wildman–Crippen MR) is 104 cm³/mol. The fourth-order valence-electron chi connectivity index (χ4n) is 2.49. The van der Waals surface area contributed by atoms with Crippen LogP contribution in [0.5, 0.6) is 6.01 Å². The maximum Gasteiger partial charge on any atom is 0.336 e. The van der Waals surface area contributed by atoms with Gasteiger partial charge in [-0.15, -0.1) is 16.4 Å². The van der Waals surface area contributed by atoms with Crippen LogP contribution in [0.15, 0.2) is 41.8 Å². The molecule has 0 aliphatic rings. The second kappa shape index (κ2) is 7.41. The van der Waals surface area contributed by atoms with E-state index in [0.717, 1.165) is 11.3 Å². The first-order valence-electron chi connectivity index (χ1n) is 8.69. The van der Waals surface area contributed by atoms with Crippen LogP contribution in [0.25, 0.3) is 10.7 Å². The zero-order valence-corrected chi connectivity index (χ0v) is 16.3. The Morgan fingerprint density at radius 3 is 2.50 bits per heavy atom. The summed E-state index contributed by atoms with van der Waals surface area (Å²) in [7, 11) is 0. The molecule has 3 rings (SSSR count). The molecule has 0 aliphatic carbocycles. The molecule has 0 amide bonds. The van der Waals surface area contributed by atoms with Crippen LogP contribution < -0.4 is 4.74 Å². The molecule has 2 heterocycles. The van der Waals surface area contributed by atoms with Gasteiger partial charge in [0, 0.05) is 5.56 Å². The van der Waals surface area contributed by atoms with Crippen molar-refractivity contribution in [3.05, 3.63) is 52.9 Å². The summed E-state index contributed by atoms with van der Waals surface area (Å²) in [6.45, 7) is 8.97. The van der Waals surface area contributed by atoms with Crippen LogP contribution in [0, 0.1) is 0 Å². The van der Waals surface area contributed by atoms with Gasteiger partial charge in [0.05, 0.1) is 11.5 Å². The van der Waals surface area contributed by atoms with Crippen LogP contribution in [-0.4, -0.2) is 27.3 Å². The van der Waals surface area contributed by atoms with Gasteiger partial charge in [0.15, 0.2) is 5.82 Å². The fourth-order valence-corrected chi connectivity index (χ4v) is 3.19.